The van der Waals surface area contributed by atoms with E-state index in [2.05, 4.69) is 37.9 Å². The van der Waals surface area contributed by atoms with Crippen molar-refractivity contribution >= 4 is 0 Å². The van der Waals surface area contributed by atoms with Gasteiger partial charge < -0.3 is 5.32 Å². The molecule has 1 saturated carbocycles. The first-order chi connectivity index (χ1) is 8.54. The molecule has 2 heteroatoms. The molecule has 1 saturated heterocycles. The van der Waals surface area contributed by atoms with Crippen molar-refractivity contribution in [2.75, 3.05) is 13.1 Å². The molecule has 4 atom stereocenters. The minimum Gasteiger partial charge on any atom is -0.309 e. The normalized spacial score (nSPS) is 43.7. The van der Waals surface area contributed by atoms with Crippen LogP contribution < -0.4 is 5.32 Å². The molecule has 0 radical (unpaired) electrons. The molecule has 18 heavy (non-hydrogen) atoms. The van der Waals surface area contributed by atoms with Gasteiger partial charge in [-0.1, -0.05) is 26.7 Å². The van der Waals surface area contributed by atoms with Gasteiger partial charge in [0, 0.05) is 30.7 Å². The van der Waals surface area contributed by atoms with Crippen molar-refractivity contribution < 1.29 is 0 Å². The zero-order valence-corrected chi connectivity index (χ0v) is 12.8. The Bertz CT molecular complexity index is 266. The highest BCUT2D eigenvalue weighted by molar-refractivity contribution is 4.95. The molecule has 2 nitrogen and oxygen atoms in total. The van der Waals surface area contributed by atoms with E-state index in [4.69, 9.17) is 0 Å². The number of rotatable bonds is 2. The minimum atomic E-state index is 0.338. The second-order valence-electron chi connectivity index (χ2n) is 7.08. The zero-order valence-electron chi connectivity index (χ0n) is 12.8. The van der Waals surface area contributed by atoms with Gasteiger partial charge >= 0.3 is 0 Å². The summed E-state index contributed by atoms with van der Waals surface area (Å²) in [5.41, 5.74) is 0.338. The van der Waals surface area contributed by atoms with Crippen LogP contribution in [0.5, 0.6) is 0 Å². The van der Waals surface area contributed by atoms with Crippen molar-refractivity contribution in [1.82, 2.24) is 10.2 Å². The molecule has 2 rings (SSSR count). The van der Waals surface area contributed by atoms with Gasteiger partial charge in [-0.15, -0.1) is 0 Å². The van der Waals surface area contributed by atoms with Crippen LogP contribution in [0.25, 0.3) is 0 Å². The lowest BCUT2D eigenvalue weighted by molar-refractivity contribution is 0.0470. The van der Waals surface area contributed by atoms with Crippen LogP contribution in [0.1, 0.15) is 66.2 Å². The summed E-state index contributed by atoms with van der Waals surface area (Å²) in [6.45, 7) is 11.9. The molecule has 106 valence electrons. The van der Waals surface area contributed by atoms with Gasteiger partial charge in [-0.3, -0.25) is 4.90 Å². The van der Waals surface area contributed by atoms with Gasteiger partial charge in [0.25, 0.3) is 0 Å². The van der Waals surface area contributed by atoms with Gasteiger partial charge in [0.2, 0.25) is 0 Å². The van der Waals surface area contributed by atoms with Crippen LogP contribution in [-0.4, -0.2) is 35.6 Å². The van der Waals surface area contributed by atoms with E-state index in [1.165, 1.54) is 45.1 Å². The van der Waals surface area contributed by atoms with Gasteiger partial charge in [-0.25, -0.2) is 0 Å². The Kier molecular flexibility index (Phi) is 4.71. The Morgan fingerprint density at radius 2 is 1.94 bits per heavy atom. The fourth-order valence-electron chi connectivity index (χ4n) is 3.65. The topological polar surface area (TPSA) is 15.3 Å². The molecule has 2 aliphatic rings. The van der Waals surface area contributed by atoms with E-state index in [0.717, 1.165) is 18.5 Å². The standard InChI is InChI=1S/C16H32N2/c1-5-16(4)12-18(14(3)11-17-16)15-8-6-7-13(2)9-10-15/h13-15,17H,5-12H2,1-4H3. The largest absolute Gasteiger partial charge is 0.309 e. The molecule has 1 heterocycles. The maximum absolute atomic E-state index is 3.75. The summed E-state index contributed by atoms with van der Waals surface area (Å²) < 4.78 is 0. The Balaban J connectivity index is 2.00. The van der Waals surface area contributed by atoms with Crippen molar-refractivity contribution in [2.45, 2.75) is 83.8 Å². The molecule has 0 spiro atoms. The SMILES string of the molecule is CCC1(C)CN(C2CCCC(C)CC2)C(C)CN1. The highest BCUT2D eigenvalue weighted by Gasteiger charge is 2.36. The Morgan fingerprint density at radius 1 is 1.17 bits per heavy atom. The van der Waals surface area contributed by atoms with E-state index in [1.807, 2.05) is 0 Å². The number of nitrogens with one attached hydrogen (secondary N) is 1. The van der Waals surface area contributed by atoms with E-state index in [9.17, 15) is 0 Å². The molecule has 0 amide bonds. The summed E-state index contributed by atoms with van der Waals surface area (Å²) in [6, 6.07) is 1.56. The molecular weight excluding hydrogens is 220 g/mol. The summed E-state index contributed by atoms with van der Waals surface area (Å²) in [7, 11) is 0. The van der Waals surface area contributed by atoms with Crippen LogP contribution >= 0.6 is 0 Å². The van der Waals surface area contributed by atoms with Crippen LogP contribution in [0.15, 0.2) is 0 Å². The second kappa shape index (κ2) is 5.92. The van der Waals surface area contributed by atoms with Gasteiger partial charge in [0.1, 0.15) is 0 Å². The molecule has 0 aromatic rings. The highest BCUT2D eigenvalue weighted by Crippen LogP contribution is 2.30. The van der Waals surface area contributed by atoms with Crippen LogP contribution in [-0.2, 0) is 0 Å². The van der Waals surface area contributed by atoms with Crippen LogP contribution in [0.3, 0.4) is 0 Å². The fraction of sp³-hybridized carbons (Fsp3) is 1.00. The lowest BCUT2D eigenvalue weighted by Crippen LogP contribution is -2.64. The van der Waals surface area contributed by atoms with E-state index >= 15 is 0 Å². The molecule has 1 N–H and O–H groups in total. The molecule has 4 unspecified atom stereocenters. The Morgan fingerprint density at radius 3 is 2.67 bits per heavy atom. The molecule has 2 fully saturated rings. The fourth-order valence-corrected chi connectivity index (χ4v) is 3.65. The number of hydrogen-bond acceptors (Lipinski definition) is 2. The highest BCUT2D eigenvalue weighted by atomic mass is 15.3. The van der Waals surface area contributed by atoms with Gasteiger partial charge in [-0.05, 0) is 45.4 Å². The summed E-state index contributed by atoms with van der Waals surface area (Å²) in [5, 5.41) is 3.75. The predicted molar refractivity (Wildman–Crippen MR) is 78.9 cm³/mol. The summed E-state index contributed by atoms with van der Waals surface area (Å²) in [4.78, 5) is 2.82. The van der Waals surface area contributed by atoms with Crippen LogP contribution in [0.2, 0.25) is 0 Å². The summed E-state index contributed by atoms with van der Waals surface area (Å²) in [6.07, 6.45) is 8.40. The molecule has 1 aliphatic heterocycles. The molecule has 0 aromatic heterocycles. The van der Waals surface area contributed by atoms with Gasteiger partial charge in [0.15, 0.2) is 0 Å². The summed E-state index contributed by atoms with van der Waals surface area (Å²) >= 11 is 0. The Labute approximate surface area is 114 Å². The average molecular weight is 252 g/mol. The third-order valence-electron chi connectivity index (χ3n) is 5.40. The first-order valence-corrected chi connectivity index (χ1v) is 8.05. The van der Waals surface area contributed by atoms with E-state index in [1.54, 1.807) is 0 Å². The monoisotopic (exact) mass is 252 g/mol. The maximum Gasteiger partial charge on any atom is 0.0278 e. The third-order valence-corrected chi connectivity index (χ3v) is 5.40. The van der Waals surface area contributed by atoms with Crippen molar-refractivity contribution in [3.8, 4) is 0 Å². The van der Waals surface area contributed by atoms with Crippen molar-refractivity contribution in [3.05, 3.63) is 0 Å². The van der Waals surface area contributed by atoms with E-state index < -0.39 is 0 Å². The molecule has 1 aliphatic carbocycles. The smallest absolute Gasteiger partial charge is 0.0278 e. The lowest BCUT2D eigenvalue weighted by Gasteiger charge is -2.48. The van der Waals surface area contributed by atoms with Crippen molar-refractivity contribution in [1.29, 1.82) is 0 Å². The van der Waals surface area contributed by atoms with E-state index in [-0.39, 0.29) is 0 Å². The van der Waals surface area contributed by atoms with Crippen LogP contribution in [0, 0.1) is 5.92 Å². The van der Waals surface area contributed by atoms with Crippen molar-refractivity contribution in [3.63, 3.8) is 0 Å². The number of hydrogen-bond donors (Lipinski definition) is 1. The molecule has 0 aromatic carbocycles. The average Bonchev–Trinajstić information content (AvgIpc) is 2.58. The van der Waals surface area contributed by atoms with E-state index in [0.29, 0.717) is 11.6 Å². The first-order valence-electron chi connectivity index (χ1n) is 8.05. The van der Waals surface area contributed by atoms with Crippen LogP contribution in [0.4, 0.5) is 0 Å². The number of piperazine rings is 1. The quantitative estimate of drug-likeness (QED) is 0.758. The Hall–Kier alpha value is -0.0800. The third kappa shape index (κ3) is 3.27. The summed E-state index contributed by atoms with van der Waals surface area (Å²) in [5.74, 6) is 0.950. The predicted octanol–water partition coefficient (Wildman–Crippen LogP) is 3.42. The number of nitrogens with zero attached hydrogens (tertiary/aromatic N) is 1. The van der Waals surface area contributed by atoms with Gasteiger partial charge in [0.05, 0.1) is 0 Å². The zero-order chi connectivity index (χ0) is 13.2. The molecular formula is C16H32N2. The molecule has 0 bridgehead atoms. The second-order valence-corrected chi connectivity index (χ2v) is 7.08. The van der Waals surface area contributed by atoms with Gasteiger partial charge in [-0.2, -0.15) is 0 Å². The minimum absolute atomic E-state index is 0.338. The lowest BCUT2D eigenvalue weighted by atomic mass is 9.91. The van der Waals surface area contributed by atoms with Crippen molar-refractivity contribution in [2.24, 2.45) is 5.92 Å². The first kappa shape index (κ1) is 14.3. The maximum atomic E-state index is 3.75.